The summed E-state index contributed by atoms with van der Waals surface area (Å²) in [6.07, 6.45) is -0.0256. The van der Waals surface area contributed by atoms with Crippen molar-refractivity contribution in [1.29, 1.82) is 0 Å². The molecule has 1 heterocycles. The van der Waals surface area contributed by atoms with Gasteiger partial charge in [0.15, 0.2) is 0 Å². The number of hydrogen-bond donors (Lipinski definition) is 1. The van der Waals surface area contributed by atoms with Gasteiger partial charge in [0.2, 0.25) is 0 Å². The minimum Gasteiger partial charge on any atom is -0.491 e. The molecule has 0 unspecified atom stereocenters. The van der Waals surface area contributed by atoms with Crippen LogP contribution in [0.1, 0.15) is 19.4 Å². The Morgan fingerprint density at radius 2 is 1.76 bits per heavy atom. The summed E-state index contributed by atoms with van der Waals surface area (Å²) in [4.78, 5) is 26.8. The molecule has 2 aromatic rings. The Bertz CT molecular complexity index is 973. The number of benzene rings is 2. The molecular formula is C21H19F2NO4S. The van der Waals surface area contributed by atoms with Crippen LogP contribution in [0.15, 0.2) is 47.4 Å². The lowest BCUT2D eigenvalue weighted by atomic mass is 10.1. The fourth-order valence-electron chi connectivity index (χ4n) is 2.90. The van der Waals surface area contributed by atoms with Gasteiger partial charge in [0, 0.05) is 11.8 Å². The van der Waals surface area contributed by atoms with Crippen LogP contribution < -0.4 is 9.64 Å². The third-order valence-electron chi connectivity index (χ3n) is 4.04. The molecule has 0 saturated carbocycles. The maximum absolute atomic E-state index is 14.3. The van der Waals surface area contributed by atoms with Gasteiger partial charge < -0.3 is 9.84 Å². The van der Waals surface area contributed by atoms with Gasteiger partial charge in [-0.15, -0.1) is 11.8 Å². The lowest BCUT2D eigenvalue weighted by Crippen LogP contribution is -2.32. The molecule has 0 radical (unpaired) electrons. The second-order valence-corrected chi connectivity index (χ2v) is 7.61. The van der Waals surface area contributed by atoms with E-state index in [9.17, 15) is 18.4 Å². The number of amides is 2. The van der Waals surface area contributed by atoms with Crippen LogP contribution in [0.5, 0.6) is 5.75 Å². The van der Waals surface area contributed by atoms with Crippen molar-refractivity contribution in [2.75, 3.05) is 17.3 Å². The number of nitrogens with zero attached hydrogens (tertiary/aromatic N) is 1. The molecule has 29 heavy (non-hydrogen) atoms. The highest BCUT2D eigenvalue weighted by Gasteiger charge is 2.41. The van der Waals surface area contributed by atoms with Crippen molar-refractivity contribution in [3.05, 3.63) is 64.6 Å². The van der Waals surface area contributed by atoms with Gasteiger partial charge in [-0.2, -0.15) is 0 Å². The highest BCUT2D eigenvalue weighted by molar-refractivity contribution is 8.04. The number of halogens is 2. The van der Waals surface area contributed by atoms with Crippen molar-refractivity contribution < 1.29 is 28.2 Å². The molecule has 3 rings (SSSR count). The van der Waals surface area contributed by atoms with Crippen molar-refractivity contribution in [2.24, 2.45) is 0 Å². The van der Waals surface area contributed by atoms with Crippen molar-refractivity contribution in [3.8, 4) is 5.75 Å². The van der Waals surface area contributed by atoms with Gasteiger partial charge in [-0.05, 0) is 43.7 Å². The number of aliphatic hydroxyl groups is 1. The van der Waals surface area contributed by atoms with Crippen LogP contribution in [-0.4, -0.2) is 35.4 Å². The Balaban J connectivity index is 2.02. The summed E-state index contributed by atoms with van der Waals surface area (Å²) in [5, 5.41) is 9.14. The molecule has 2 amide bonds. The SMILES string of the molecule is CC(C)Oc1ccc(C2=C(SCCO)C(=O)N(c3ccc(F)cc3F)C2=O)cc1. The summed E-state index contributed by atoms with van der Waals surface area (Å²) in [7, 11) is 0. The number of thioether (sulfide) groups is 1. The molecule has 0 bridgehead atoms. The van der Waals surface area contributed by atoms with E-state index in [2.05, 4.69) is 0 Å². The van der Waals surface area contributed by atoms with Crippen LogP contribution >= 0.6 is 11.8 Å². The minimum absolute atomic E-state index is 0.0256. The van der Waals surface area contributed by atoms with E-state index in [0.717, 1.165) is 23.9 Å². The number of hydrogen-bond acceptors (Lipinski definition) is 5. The molecule has 0 aliphatic carbocycles. The molecule has 8 heteroatoms. The van der Waals surface area contributed by atoms with E-state index in [-0.39, 0.29) is 34.6 Å². The third-order valence-corrected chi connectivity index (χ3v) is 5.10. The lowest BCUT2D eigenvalue weighted by Gasteiger charge is -2.16. The van der Waals surface area contributed by atoms with Crippen molar-refractivity contribution >= 4 is 34.8 Å². The van der Waals surface area contributed by atoms with Crippen LogP contribution in [0.4, 0.5) is 14.5 Å². The first-order valence-electron chi connectivity index (χ1n) is 8.92. The fourth-order valence-corrected chi connectivity index (χ4v) is 3.76. The topological polar surface area (TPSA) is 66.8 Å². The smallest absolute Gasteiger partial charge is 0.272 e. The van der Waals surface area contributed by atoms with Crippen LogP contribution in [-0.2, 0) is 9.59 Å². The number of imide groups is 1. The minimum atomic E-state index is -1.01. The van der Waals surface area contributed by atoms with E-state index in [1.165, 1.54) is 0 Å². The first-order chi connectivity index (χ1) is 13.8. The Morgan fingerprint density at radius 3 is 2.34 bits per heavy atom. The summed E-state index contributed by atoms with van der Waals surface area (Å²) in [5.41, 5.74) is 0.247. The summed E-state index contributed by atoms with van der Waals surface area (Å²) in [6.45, 7) is 3.57. The zero-order valence-corrected chi connectivity index (χ0v) is 16.6. The monoisotopic (exact) mass is 419 g/mol. The number of rotatable bonds is 7. The van der Waals surface area contributed by atoms with Crippen LogP contribution in [0.25, 0.3) is 5.57 Å². The van der Waals surface area contributed by atoms with Crippen LogP contribution in [0, 0.1) is 11.6 Å². The third kappa shape index (κ3) is 4.33. The van der Waals surface area contributed by atoms with Gasteiger partial charge in [-0.25, -0.2) is 13.7 Å². The van der Waals surface area contributed by atoms with E-state index in [1.807, 2.05) is 13.8 Å². The van der Waals surface area contributed by atoms with Crippen molar-refractivity contribution in [3.63, 3.8) is 0 Å². The predicted molar refractivity (Wildman–Crippen MR) is 108 cm³/mol. The van der Waals surface area contributed by atoms with Gasteiger partial charge >= 0.3 is 0 Å². The Hall–Kier alpha value is -2.71. The van der Waals surface area contributed by atoms with E-state index in [0.29, 0.717) is 22.3 Å². The normalized spacial score (nSPS) is 14.3. The fraction of sp³-hybridized carbons (Fsp3) is 0.238. The van der Waals surface area contributed by atoms with Gasteiger partial charge in [-0.3, -0.25) is 9.59 Å². The van der Waals surface area contributed by atoms with Gasteiger partial charge in [-0.1, -0.05) is 12.1 Å². The Labute approximate surface area is 171 Å². The number of carbonyl (C=O) groups is 2. The van der Waals surface area contributed by atoms with Gasteiger partial charge in [0.1, 0.15) is 17.4 Å². The average Bonchev–Trinajstić information content (AvgIpc) is 2.90. The van der Waals surface area contributed by atoms with Crippen molar-refractivity contribution in [2.45, 2.75) is 20.0 Å². The van der Waals surface area contributed by atoms with E-state index in [4.69, 9.17) is 9.84 Å². The van der Waals surface area contributed by atoms with E-state index in [1.54, 1.807) is 24.3 Å². The van der Waals surface area contributed by atoms with Gasteiger partial charge in [0.25, 0.3) is 11.8 Å². The maximum Gasteiger partial charge on any atom is 0.272 e. The molecule has 0 fully saturated rings. The quantitative estimate of drug-likeness (QED) is 0.693. The highest BCUT2D eigenvalue weighted by atomic mass is 32.2. The summed E-state index contributed by atoms with van der Waals surface area (Å²) in [5.74, 6) is -2.46. The zero-order chi connectivity index (χ0) is 21.1. The standard InChI is InChI=1S/C21H19F2NO4S/c1-12(2)28-15-6-3-13(4-7-15)18-19(29-10-9-25)21(27)24(20(18)26)17-8-5-14(22)11-16(17)23/h3-8,11-12,25H,9-10H2,1-2H3. The van der Waals surface area contributed by atoms with E-state index >= 15 is 0 Å². The van der Waals surface area contributed by atoms with Crippen LogP contribution in [0.3, 0.4) is 0 Å². The molecule has 5 nitrogen and oxygen atoms in total. The molecule has 0 saturated heterocycles. The zero-order valence-electron chi connectivity index (χ0n) is 15.8. The maximum atomic E-state index is 14.3. The summed E-state index contributed by atoms with van der Waals surface area (Å²) < 4.78 is 33.1. The number of anilines is 1. The molecular weight excluding hydrogens is 400 g/mol. The number of aliphatic hydroxyl groups excluding tert-OH is 1. The predicted octanol–water partition coefficient (Wildman–Crippen LogP) is 3.76. The second-order valence-electron chi connectivity index (χ2n) is 6.51. The molecule has 1 aliphatic heterocycles. The molecule has 1 N–H and O–H groups in total. The first kappa shape index (κ1) is 21.0. The largest absolute Gasteiger partial charge is 0.491 e. The van der Waals surface area contributed by atoms with Crippen molar-refractivity contribution in [1.82, 2.24) is 0 Å². The molecule has 0 spiro atoms. The summed E-state index contributed by atoms with van der Waals surface area (Å²) >= 11 is 1.01. The van der Waals surface area contributed by atoms with Crippen LogP contribution in [0.2, 0.25) is 0 Å². The lowest BCUT2D eigenvalue weighted by molar-refractivity contribution is -0.119. The summed E-state index contributed by atoms with van der Waals surface area (Å²) in [6, 6.07) is 9.29. The Morgan fingerprint density at radius 1 is 1.07 bits per heavy atom. The number of carbonyl (C=O) groups excluding carboxylic acids is 2. The highest BCUT2D eigenvalue weighted by Crippen LogP contribution is 2.39. The Kier molecular flexibility index (Phi) is 6.34. The average molecular weight is 419 g/mol. The molecule has 0 atom stereocenters. The van der Waals surface area contributed by atoms with Gasteiger partial charge in [0.05, 0.1) is 28.9 Å². The molecule has 0 aromatic heterocycles. The van der Waals surface area contributed by atoms with E-state index < -0.39 is 23.4 Å². The number of ether oxygens (including phenoxy) is 1. The molecule has 1 aliphatic rings. The molecule has 2 aromatic carbocycles. The first-order valence-corrected chi connectivity index (χ1v) is 9.91. The second kappa shape index (κ2) is 8.75. The molecule has 152 valence electrons.